The maximum absolute atomic E-state index is 5.41. The lowest BCUT2D eigenvalue weighted by Crippen LogP contribution is -2.38. The van der Waals surface area contributed by atoms with E-state index >= 15 is 0 Å². The molecule has 0 amide bonds. The van der Waals surface area contributed by atoms with Crippen LogP contribution in [0.4, 0.5) is 0 Å². The number of aromatic nitrogens is 2. The first-order chi connectivity index (χ1) is 13.5. The predicted octanol–water partition coefficient (Wildman–Crippen LogP) is 3.33. The van der Waals surface area contributed by atoms with Gasteiger partial charge < -0.3 is 20.1 Å². The molecule has 0 bridgehead atoms. The summed E-state index contributed by atoms with van der Waals surface area (Å²) < 4.78 is 12.5. The third-order valence-electron chi connectivity index (χ3n) is 4.63. The summed E-state index contributed by atoms with van der Waals surface area (Å²) in [6, 6.07) is 7.97. The lowest BCUT2D eigenvalue weighted by atomic mass is 10.2. The molecule has 8 heteroatoms. The molecule has 1 heterocycles. The molecule has 0 fully saturated rings. The summed E-state index contributed by atoms with van der Waals surface area (Å²) in [5, 5.41) is 11.3. The van der Waals surface area contributed by atoms with Crippen molar-refractivity contribution in [2.75, 3.05) is 26.9 Å². The Morgan fingerprint density at radius 2 is 1.90 bits per heavy atom. The Hall–Kier alpha value is -1.81. The average Bonchev–Trinajstić information content (AvgIpc) is 2.95. The Labute approximate surface area is 191 Å². The second-order valence-corrected chi connectivity index (χ2v) is 6.62. The van der Waals surface area contributed by atoms with Crippen molar-refractivity contribution in [2.24, 2.45) is 12.0 Å². The molecule has 2 N–H and O–H groups in total. The highest BCUT2D eigenvalue weighted by molar-refractivity contribution is 14.0. The molecule has 162 valence electrons. The number of nitrogens with zero attached hydrogens (tertiary/aromatic N) is 3. The molecule has 0 aliphatic carbocycles. The summed E-state index contributed by atoms with van der Waals surface area (Å²) in [5.41, 5.74) is 4.54. The standard InChI is InChI=1S/C21H33N5O2.HI/c1-6-28-13-7-12-22-21(23-14-18-8-10-19(27-5)11-9-18)24-15-20-16(2)25-26(4)17(20)3;/h8-11H,6-7,12-15H2,1-5H3,(H2,22,23,24);1H. The first kappa shape index (κ1) is 25.2. The summed E-state index contributed by atoms with van der Waals surface area (Å²) in [4.78, 5) is 4.73. The maximum Gasteiger partial charge on any atom is 0.191 e. The highest BCUT2D eigenvalue weighted by Gasteiger charge is 2.10. The maximum atomic E-state index is 5.41. The van der Waals surface area contributed by atoms with E-state index in [0.717, 1.165) is 54.8 Å². The molecule has 0 unspecified atom stereocenters. The Balaban J connectivity index is 0.00000420. The molecule has 0 atom stereocenters. The monoisotopic (exact) mass is 515 g/mol. The largest absolute Gasteiger partial charge is 0.497 e. The number of hydrogen-bond acceptors (Lipinski definition) is 4. The van der Waals surface area contributed by atoms with E-state index in [4.69, 9.17) is 14.5 Å². The fourth-order valence-corrected chi connectivity index (χ4v) is 2.85. The van der Waals surface area contributed by atoms with Crippen molar-refractivity contribution in [3.63, 3.8) is 0 Å². The number of hydrogen-bond donors (Lipinski definition) is 2. The number of nitrogens with one attached hydrogen (secondary N) is 2. The van der Waals surface area contributed by atoms with E-state index in [1.807, 2.05) is 49.8 Å². The fraction of sp³-hybridized carbons (Fsp3) is 0.524. The predicted molar refractivity (Wildman–Crippen MR) is 128 cm³/mol. The van der Waals surface area contributed by atoms with E-state index in [9.17, 15) is 0 Å². The zero-order valence-electron chi connectivity index (χ0n) is 18.1. The summed E-state index contributed by atoms with van der Waals surface area (Å²) in [5.74, 6) is 1.64. The second kappa shape index (κ2) is 13.4. The third kappa shape index (κ3) is 8.22. The summed E-state index contributed by atoms with van der Waals surface area (Å²) >= 11 is 0. The van der Waals surface area contributed by atoms with Crippen molar-refractivity contribution >= 4 is 29.9 Å². The van der Waals surface area contributed by atoms with Crippen LogP contribution in [0.5, 0.6) is 5.75 Å². The first-order valence-corrected chi connectivity index (χ1v) is 9.77. The Morgan fingerprint density at radius 1 is 1.17 bits per heavy atom. The van der Waals surface area contributed by atoms with Crippen LogP contribution in [0.25, 0.3) is 0 Å². The minimum absolute atomic E-state index is 0. The Bertz CT molecular complexity index is 759. The van der Waals surface area contributed by atoms with Gasteiger partial charge in [-0.3, -0.25) is 4.68 Å². The third-order valence-corrected chi connectivity index (χ3v) is 4.63. The molecule has 29 heavy (non-hydrogen) atoms. The molecule has 2 aromatic rings. The van der Waals surface area contributed by atoms with Gasteiger partial charge in [0.2, 0.25) is 0 Å². The Morgan fingerprint density at radius 3 is 2.48 bits per heavy atom. The summed E-state index contributed by atoms with van der Waals surface area (Å²) in [6.07, 6.45) is 0.933. The van der Waals surface area contributed by atoms with E-state index in [0.29, 0.717) is 13.1 Å². The van der Waals surface area contributed by atoms with Gasteiger partial charge in [-0.15, -0.1) is 24.0 Å². The molecular formula is C21H34IN5O2. The number of rotatable bonds is 10. The van der Waals surface area contributed by atoms with Crippen LogP contribution in [0, 0.1) is 13.8 Å². The average molecular weight is 515 g/mol. The molecule has 2 rings (SSSR count). The minimum Gasteiger partial charge on any atom is -0.497 e. The molecule has 0 saturated heterocycles. The number of benzene rings is 1. The van der Waals surface area contributed by atoms with E-state index in [2.05, 4.69) is 22.7 Å². The molecule has 1 aromatic heterocycles. The van der Waals surface area contributed by atoms with Crippen molar-refractivity contribution in [2.45, 2.75) is 40.3 Å². The zero-order valence-corrected chi connectivity index (χ0v) is 20.4. The molecule has 0 aliphatic rings. The summed E-state index contributed by atoms with van der Waals surface area (Å²) in [7, 11) is 3.64. The van der Waals surface area contributed by atoms with Gasteiger partial charge in [0, 0.05) is 44.6 Å². The van der Waals surface area contributed by atoms with Crippen molar-refractivity contribution in [3.05, 3.63) is 46.8 Å². The Kier molecular flexibility index (Phi) is 11.7. The van der Waals surface area contributed by atoms with Crippen LogP contribution in [-0.2, 0) is 24.9 Å². The van der Waals surface area contributed by atoms with Gasteiger partial charge in [-0.05, 0) is 44.9 Å². The SMILES string of the molecule is CCOCCCNC(=NCc1ccc(OC)cc1)NCc1c(C)nn(C)c1C.I. The van der Waals surface area contributed by atoms with Crippen LogP contribution < -0.4 is 15.4 Å². The summed E-state index contributed by atoms with van der Waals surface area (Å²) in [6.45, 7) is 9.71. The molecule has 7 nitrogen and oxygen atoms in total. The van der Waals surface area contributed by atoms with E-state index in [1.54, 1.807) is 7.11 Å². The lowest BCUT2D eigenvalue weighted by molar-refractivity contribution is 0.145. The highest BCUT2D eigenvalue weighted by Crippen LogP contribution is 2.13. The first-order valence-electron chi connectivity index (χ1n) is 9.77. The quantitative estimate of drug-likeness (QED) is 0.220. The van der Waals surface area contributed by atoms with Gasteiger partial charge in [0.15, 0.2) is 5.96 Å². The number of methoxy groups -OCH3 is 1. The van der Waals surface area contributed by atoms with Crippen LogP contribution >= 0.6 is 24.0 Å². The van der Waals surface area contributed by atoms with Gasteiger partial charge in [0.05, 0.1) is 19.3 Å². The smallest absolute Gasteiger partial charge is 0.191 e. The lowest BCUT2D eigenvalue weighted by Gasteiger charge is -2.13. The van der Waals surface area contributed by atoms with Crippen LogP contribution in [0.3, 0.4) is 0 Å². The van der Waals surface area contributed by atoms with E-state index in [1.165, 1.54) is 5.56 Å². The number of aryl methyl sites for hydroxylation is 2. The van der Waals surface area contributed by atoms with E-state index in [-0.39, 0.29) is 24.0 Å². The van der Waals surface area contributed by atoms with E-state index < -0.39 is 0 Å². The topological polar surface area (TPSA) is 72.7 Å². The molecule has 0 saturated carbocycles. The number of aliphatic imine (C=N–C) groups is 1. The fourth-order valence-electron chi connectivity index (χ4n) is 2.85. The van der Waals surface area contributed by atoms with Gasteiger partial charge >= 0.3 is 0 Å². The van der Waals surface area contributed by atoms with Crippen LogP contribution in [-0.4, -0.2) is 42.6 Å². The molecule has 1 aromatic carbocycles. The number of ether oxygens (including phenoxy) is 2. The highest BCUT2D eigenvalue weighted by atomic mass is 127. The second-order valence-electron chi connectivity index (χ2n) is 6.62. The molecular weight excluding hydrogens is 481 g/mol. The van der Waals surface area contributed by atoms with Crippen molar-refractivity contribution in [1.82, 2.24) is 20.4 Å². The van der Waals surface area contributed by atoms with Crippen LogP contribution in [0.1, 0.15) is 35.9 Å². The van der Waals surface area contributed by atoms with Crippen molar-refractivity contribution < 1.29 is 9.47 Å². The van der Waals surface area contributed by atoms with Crippen molar-refractivity contribution in [1.29, 1.82) is 0 Å². The van der Waals surface area contributed by atoms with Gasteiger partial charge in [-0.25, -0.2) is 4.99 Å². The minimum atomic E-state index is 0. The molecule has 0 radical (unpaired) electrons. The zero-order chi connectivity index (χ0) is 20.4. The molecule has 0 aliphatic heterocycles. The number of halogens is 1. The molecule has 0 spiro atoms. The van der Waals surface area contributed by atoms with Crippen LogP contribution in [0.2, 0.25) is 0 Å². The normalized spacial score (nSPS) is 11.1. The van der Waals surface area contributed by atoms with Gasteiger partial charge in [0.25, 0.3) is 0 Å². The number of guanidine groups is 1. The van der Waals surface area contributed by atoms with Crippen molar-refractivity contribution in [3.8, 4) is 5.75 Å². The van der Waals surface area contributed by atoms with Gasteiger partial charge in [-0.1, -0.05) is 12.1 Å². The van der Waals surface area contributed by atoms with Gasteiger partial charge in [-0.2, -0.15) is 5.10 Å². The van der Waals surface area contributed by atoms with Gasteiger partial charge in [0.1, 0.15) is 5.75 Å². The van der Waals surface area contributed by atoms with Crippen LogP contribution in [0.15, 0.2) is 29.3 Å².